The first-order valence-corrected chi connectivity index (χ1v) is 4.40. The lowest BCUT2D eigenvalue weighted by atomic mass is 10.3. The van der Waals surface area contributed by atoms with E-state index < -0.39 is 0 Å². The highest BCUT2D eigenvalue weighted by molar-refractivity contribution is 5.32. The molecule has 0 unspecified atom stereocenters. The molecule has 13 heavy (non-hydrogen) atoms. The molecule has 0 N–H and O–H groups in total. The number of hydrogen-bond acceptors (Lipinski definition) is 4. The second-order valence-electron chi connectivity index (χ2n) is 2.30. The molecule has 0 amide bonds. The SMILES string of the molecule is CCCCN=C=O.CCCN=C=O. The van der Waals surface area contributed by atoms with Crippen molar-refractivity contribution in [3.05, 3.63) is 0 Å². The average Bonchev–Trinajstić information content (AvgIpc) is 2.17. The highest BCUT2D eigenvalue weighted by Gasteiger charge is 1.74. The summed E-state index contributed by atoms with van der Waals surface area (Å²) in [6.45, 7) is 5.27. The summed E-state index contributed by atoms with van der Waals surface area (Å²) in [7, 11) is 0. The molecule has 0 aromatic carbocycles. The fourth-order valence-corrected chi connectivity index (χ4v) is 0.440. The van der Waals surface area contributed by atoms with Gasteiger partial charge in [-0.3, -0.25) is 0 Å². The highest BCUT2D eigenvalue weighted by Crippen LogP contribution is 1.83. The zero-order valence-electron chi connectivity index (χ0n) is 8.25. The molecule has 0 fully saturated rings. The Balaban J connectivity index is 0. The lowest BCUT2D eigenvalue weighted by Crippen LogP contribution is -1.74. The lowest BCUT2D eigenvalue weighted by molar-refractivity contribution is 0.561. The van der Waals surface area contributed by atoms with Crippen molar-refractivity contribution in [1.29, 1.82) is 0 Å². The monoisotopic (exact) mass is 184 g/mol. The van der Waals surface area contributed by atoms with Crippen molar-refractivity contribution in [3.63, 3.8) is 0 Å². The van der Waals surface area contributed by atoms with Crippen LogP contribution in [0.2, 0.25) is 0 Å². The van der Waals surface area contributed by atoms with Crippen LogP contribution in [0.25, 0.3) is 0 Å². The summed E-state index contributed by atoms with van der Waals surface area (Å²) in [5.41, 5.74) is 0. The number of aliphatic imine (C=N–C) groups is 2. The normalized spacial score (nSPS) is 7.23. The van der Waals surface area contributed by atoms with Crippen LogP contribution in [0, 0.1) is 0 Å². The molecular formula is C9H16N2O2. The third kappa shape index (κ3) is 24.9. The third-order valence-corrected chi connectivity index (χ3v) is 1.09. The van der Waals surface area contributed by atoms with Crippen molar-refractivity contribution < 1.29 is 9.59 Å². The van der Waals surface area contributed by atoms with Crippen LogP contribution in [-0.4, -0.2) is 25.2 Å². The van der Waals surface area contributed by atoms with Crippen LogP contribution in [-0.2, 0) is 9.59 Å². The van der Waals surface area contributed by atoms with E-state index >= 15 is 0 Å². The van der Waals surface area contributed by atoms with Gasteiger partial charge in [-0.05, 0) is 12.8 Å². The first-order chi connectivity index (χ1) is 6.33. The molecule has 0 radical (unpaired) electrons. The Hall–Kier alpha value is -1.24. The fraction of sp³-hybridized carbons (Fsp3) is 0.778. The van der Waals surface area contributed by atoms with E-state index in [1.165, 1.54) is 12.2 Å². The molecule has 0 atom stereocenters. The van der Waals surface area contributed by atoms with Gasteiger partial charge >= 0.3 is 0 Å². The molecule has 0 heterocycles. The van der Waals surface area contributed by atoms with Gasteiger partial charge in [0.25, 0.3) is 0 Å². The Morgan fingerprint density at radius 1 is 0.923 bits per heavy atom. The molecule has 74 valence electrons. The van der Waals surface area contributed by atoms with Gasteiger partial charge in [-0.2, -0.15) is 0 Å². The molecule has 0 aliphatic rings. The molecule has 0 aromatic heterocycles. The maximum Gasteiger partial charge on any atom is 0.234 e. The van der Waals surface area contributed by atoms with Crippen LogP contribution in [0.15, 0.2) is 9.98 Å². The molecule has 0 aromatic rings. The van der Waals surface area contributed by atoms with Crippen LogP contribution in [0.4, 0.5) is 0 Å². The van der Waals surface area contributed by atoms with Crippen molar-refractivity contribution in [2.24, 2.45) is 9.98 Å². The van der Waals surface area contributed by atoms with Crippen molar-refractivity contribution in [2.45, 2.75) is 33.1 Å². The summed E-state index contributed by atoms with van der Waals surface area (Å²) >= 11 is 0. The number of isocyanates is 2. The molecule has 0 saturated carbocycles. The zero-order valence-corrected chi connectivity index (χ0v) is 8.25. The zero-order chi connectivity index (χ0) is 10.4. The molecule has 4 nitrogen and oxygen atoms in total. The molecular weight excluding hydrogens is 168 g/mol. The number of nitrogens with zero attached hydrogens (tertiary/aromatic N) is 2. The van der Waals surface area contributed by atoms with E-state index in [2.05, 4.69) is 16.9 Å². The minimum Gasteiger partial charge on any atom is -0.211 e. The Morgan fingerprint density at radius 2 is 1.46 bits per heavy atom. The predicted octanol–water partition coefficient (Wildman–Crippen LogP) is 1.85. The largest absolute Gasteiger partial charge is 0.234 e. The van der Waals surface area contributed by atoms with Crippen LogP contribution >= 0.6 is 0 Å². The number of rotatable bonds is 5. The second kappa shape index (κ2) is 17.0. The van der Waals surface area contributed by atoms with E-state index in [1.54, 1.807) is 0 Å². The van der Waals surface area contributed by atoms with E-state index in [0.29, 0.717) is 13.1 Å². The Kier molecular flexibility index (Phi) is 18.7. The van der Waals surface area contributed by atoms with Crippen molar-refractivity contribution in [3.8, 4) is 0 Å². The first kappa shape index (κ1) is 14.3. The molecule has 0 saturated heterocycles. The number of unbranched alkanes of at least 4 members (excludes halogenated alkanes) is 1. The maximum atomic E-state index is 9.39. The van der Waals surface area contributed by atoms with Crippen molar-refractivity contribution >= 4 is 12.2 Å². The molecule has 0 bridgehead atoms. The smallest absolute Gasteiger partial charge is 0.211 e. The third-order valence-electron chi connectivity index (χ3n) is 1.09. The Labute approximate surface area is 78.8 Å². The average molecular weight is 184 g/mol. The summed E-state index contributed by atoms with van der Waals surface area (Å²) < 4.78 is 0. The van der Waals surface area contributed by atoms with E-state index in [9.17, 15) is 9.59 Å². The second-order valence-corrected chi connectivity index (χ2v) is 2.30. The first-order valence-electron chi connectivity index (χ1n) is 4.40. The quantitative estimate of drug-likeness (QED) is 0.372. The summed E-state index contributed by atoms with van der Waals surface area (Å²) in [4.78, 5) is 25.3. The maximum absolute atomic E-state index is 9.39. The van der Waals surface area contributed by atoms with Gasteiger partial charge in [-0.1, -0.05) is 20.3 Å². The lowest BCUT2D eigenvalue weighted by Gasteiger charge is -1.80. The molecule has 0 spiro atoms. The molecule has 4 heteroatoms. The Morgan fingerprint density at radius 3 is 1.77 bits per heavy atom. The number of hydrogen-bond donors (Lipinski definition) is 0. The van der Waals surface area contributed by atoms with Gasteiger partial charge < -0.3 is 0 Å². The van der Waals surface area contributed by atoms with E-state index in [-0.39, 0.29) is 0 Å². The topological polar surface area (TPSA) is 58.9 Å². The minimum atomic E-state index is 0.615. The van der Waals surface area contributed by atoms with Gasteiger partial charge in [-0.15, -0.1) is 0 Å². The van der Waals surface area contributed by atoms with Gasteiger partial charge in [0.05, 0.1) is 13.1 Å². The van der Waals surface area contributed by atoms with Gasteiger partial charge in [-0.25, -0.2) is 19.6 Å². The van der Waals surface area contributed by atoms with Gasteiger partial charge in [0.15, 0.2) is 0 Å². The summed E-state index contributed by atoms with van der Waals surface area (Å²) in [6, 6.07) is 0. The molecule has 0 rings (SSSR count). The van der Waals surface area contributed by atoms with Crippen LogP contribution < -0.4 is 0 Å². The van der Waals surface area contributed by atoms with Crippen LogP contribution in [0.5, 0.6) is 0 Å². The fourth-order valence-electron chi connectivity index (χ4n) is 0.440. The van der Waals surface area contributed by atoms with E-state index in [4.69, 9.17) is 0 Å². The summed E-state index contributed by atoms with van der Waals surface area (Å²) in [5, 5.41) is 0. The van der Waals surface area contributed by atoms with Gasteiger partial charge in [0.1, 0.15) is 0 Å². The standard InChI is InChI=1S/C5H9NO.C4H7NO/c1-2-3-4-6-5-7;1-2-3-5-4-6/h2-4H2,1H3;2-3H2,1H3. The predicted molar refractivity (Wildman–Crippen MR) is 51.2 cm³/mol. The van der Waals surface area contributed by atoms with Crippen LogP contribution in [0.1, 0.15) is 33.1 Å². The van der Waals surface area contributed by atoms with Gasteiger partial charge in [0.2, 0.25) is 12.2 Å². The number of carbonyl (C=O) groups excluding carboxylic acids is 2. The highest BCUT2D eigenvalue weighted by atomic mass is 16.1. The van der Waals surface area contributed by atoms with Crippen molar-refractivity contribution in [1.82, 2.24) is 0 Å². The van der Waals surface area contributed by atoms with E-state index in [0.717, 1.165) is 19.3 Å². The molecule has 0 aliphatic carbocycles. The Bertz CT molecular complexity index is 180. The summed E-state index contributed by atoms with van der Waals surface area (Å²) in [6.07, 6.45) is 5.93. The van der Waals surface area contributed by atoms with Crippen molar-refractivity contribution in [2.75, 3.05) is 13.1 Å². The van der Waals surface area contributed by atoms with Gasteiger partial charge in [0, 0.05) is 0 Å². The van der Waals surface area contributed by atoms with Crippen LogP contribution in [0.3, 0.4) is 0 Å². The summed E-state index contributed by atoms with van der Waals surface area (Å²) in [5.74, 6) is 0. The molecule has 0 aliphatic heterocycles. The minimum absolute atomic E-state index is 0.615. The van der Waals surface area contributed by atoms with E-state index in [1.807, 2.05) is 6.92 Å².